The summed E-state index contributed by atoms with van der Waals surface area (Å²) in [5, 5.41) is 4.50. The SMILES string of the molecule is Cc1ccc(C)c(/C=N\n2cnc3ccccc32)c1. The highest BCUT2D eigenvalue weighted by molar-refractivity contribution is 5.83. The number of aryl methyl sites for hydroxylation is 2. The van der Waals surface area contributed by atoms with Gasteiger partial charge < -0.3 is 0 Å². The van der Waals surface area contributed by atoms with Gasteiger partial charge >= 0.3 is 0 Å². The van der Waals surface area contributed by atoms with Gasteiger partial charge in [-0.25, -0.2) is 9.66 Å². The van der Waals surface area contributed by atoms with E-state index in [2.05, 4.69) is 42.1 Å². The number of para-hydroxylation sites is 2. The Bertz CT molecular complexity index is 754. The lowest BCUT2D eigenvalue weighted by molar-refractivity contribution is 0.914. The number of rotatable bonds is 2. The van der Waals surface area contributed by atoms with Gasteiger partial charge in [0.2, 0.25) is 0 Å². The Balaban J connectivity index is 2.00. The third kappa shape index (κ3) is 2.27. The summed E-state index contributed by atoms with van der Waals surface area (Å²) < 4.78 is 1.80. The first kappa shape index (κ1) is 11.7. The first-order chi connectivity index (χ1) is 9.24. The summed E-state index contributed by atoms with van der Waals surface area (Å²) in [6, 6.07) is 14.3. The lowest BCUT2D eigenvalue weighted by atomic mass is 10.1. The van der Waals surface area contributed by atoms with Crippen LogP contribution in [0.1, 0.15) is 16.7 Å². The van der Waals surface area contributed by atoms with Crippen LogP contribution in [0.4, 0.5) is 0 Å². The zero-order valence-corrected chi connectivity index (χ0v) is 11.0. The van der Waals surface area contributed by atoms with Crippen molar-refractivity contribution in [1.29, 1.82) is 0 Å². The van der Waals surface area contributed by atoms with Crippen LogP contribution in [-0.4, -0.2) is 15.9 Å². The Labute approximate surface area is 112 Å². The smallest absolute Gasteiger partial charge is 0.118 e. The average Bonchev–Trinajstić information content (AvgIpc) is 2.83. The number of benzene rings is 2. The summed E-state index contributed by atoms with van der Waals surface area (Å²) in [4.78, 5) is 4.32. The first-order valence-electron chi connectivity index (χ1n) is 6.28. The molecule has 0 unspecified atom stereocenters. The second-order valence-corrected chi connectivity index (χ2v) is 4.68. The Morgan fingerprint density at radius 1 is 1.11 bits per heavy atom. The Morgan fingerprint density at radius 3 is 2.84 bits per heavy atom. The first-order valence-corrected chi connectivity index (χ1v) is 6.28. The lowest BCUT2D eigenvalue weighted by Crippen LogP contribution is -1.92. The molecule has 0 spiro atoms. The van der Waals surface area contributed by atoms with E-state index >= 15 is 0 Å². The largest absolute Gasteiger partial charge is 0.235 e. The summed E-state index contributed by atoms with van der Waals surface area (Å²) in [7, 11) is 0. The third-order valence-electron chi connectivity index (χ3n) is 3.19. The van der Waals surface area contributed by atoms with Gasteiger partial charge in [-0.2, -0.15) is 5.10 Å². The maximum Gasteiger partial charge on any atom is 0.118 e. The molecule has 2 aromatic carbocycles. The molecule has 3 aromatic rings. The van der Waals surface area contributed by atoms with E-state index in [0.29, 0.717) is 0 Å². The highest BCUT2D eigenvalue weighted by Gasteiger charge is 1.99. The number of hydrogen-bond acceptors (Lipinski definition) is 2. The summed E-state index contributed by atoms with van der Waals surface area (Å²) in [6.07, 6.45) is 3.63. The van der Waals surface area contributed by atoms with Crippen molar-refractivity contribution in [2.75, 3.05) is 0 Å². The van der Waals surface area contributed by atoms with Gasteiger partial charge in [0.15, 0.2) is 0 Å². The van der Waals surface area contributed by atoms with Crippen molar-refractivity contribution in [1.82, 2.24) is 9.66 Å². The number of imidazole rings is 1. The fraction of sp³-hybridized carbons (Fsp3) is 0.125. The van der Waals surface area contributed by atoms with E-state index in [1.54, 1.807) is 11.0 Å². The minimum atomic E-state index is 0.959. The van der Waals surface area contributed by atoms with Gasteiger partial charge in [-0.15, -0.1) is 0 Å². The van der Waals surface area contributed by atoms with Gasteiger partial charge in [0.05, 0.1) is 17.2 Å². The van der Waals surface area contributed by atoms with Crippen molar-refractivity contribution in [3.63, 3.8) is 0 Å². The molecule has 94 valence electrons. The fourth-order valence-electron chi connectivity index (χ4n) is 2.06. The molecule has 0 amide bonds. The molecule has 0 N–H and O–H groups in total. The number of aromatic nitrogens is 2. The van der Waals surface area contributed by atoms with Crippen LogP contribution in [0.25, 0.3) is 11.0 Å². The maximum absolute atomic E-state index is 4.50. The van der Waals surface area contributed by atoms with E-state index in [4.69, 9.17) is 0 Å². The van der Waals surface area contributed by atoms with Gasteiger partial charge in [0.1, 0.15) is 6.33 Å². The van der Waals surface area contributed by atoms with Crippen LogP contribution in [0, 0.1) is 13.8 Å². The predicted octanol–water partition coefficient (Wildman–Crippen LogP) is 3.54. The van der Waals surface area contributed by atoms with Crippen molar-refractivity contribution < 1.29 is 0 Å². The van der Waals surface area contributed by atoms with Gasteiger partial charge in [0.25, 0.3) is 0 Å². The summed E-state index contributed by atoms with van der Waals surface area (Å²) in [6.45, 7) is 4.18. The molecule has 0 aliphatic heterocycles. The van der Waals surface area contributed by atoms with Crippen LogP contribution in [0.15, 0.2) is 53.9 Å². The Kier molecular flexibility index (Phi) is 2.88. The molecule has 0 fully saturated rings. The Hall–Kier alpha value is -2.42. The summed E-state index contributed by atoms with van der Waals surface area (Å²) in [5.74, 6) is 0. The second kappa shape index (κ2) is 4.69. The second-order valence-electron chi connectivity index (χ2n) is 4.68. The van der Waals surface area contributed by atoms with Gasteiger partial charge in [-0.05, 0) is 37.1 Å². The van der Waals surface area contributed by atoms with Crippen LogP contribution in [0.2, 0.25) is 0 Å². The summed E-state index contributed by atoms with van der Waals surface area (Å²) in [5.41, 5.74) is 5.57. The molecular weight excluding hydrogens is 234 g/mol. The van der Waals surface area contributed by atoms with Crippen molar-refractivity contribution in [2.24, 2.45) is 5.10 Å². The predicted molar refractivity (Wildman–Crippen MR) is 78.6 cm³/mol. The van der Waals surface area contributed by atoms with Crippen LogP contribution in [0.5, 0.6) is 0 Å². The van der Waals surface area contributed by atoms with Gasteiger partial charge in [-0.1, -0.05) is 35.9 Å². The van der Waals surface area contributed by atoms with E-state index in [1.807, 2.05) is 30.5 Å². The molecule has 0 aliphatic carbocycles. The summed E-state index contributed by atoms with van der Waals surface area (Å²) >= 11 is 0. The maximum atomic E-state index is 4.50. The van der Waals surface area contributed by atoms with E-state index in [0.717, 1.165) is 16.6 Å². The topological polar surface area (TPSA) is 30.2 Å². The standard InChI is InChI=1S/C16H15N3/c1-12-7-8-13(2)14(9-12)10-18-19-11-17-15-5-3-4-6-16(15)19/h3-11H,1-2H3/b18-10-. The minimum Gasteiger partial charge on any atom is -0.235 e. The minimum absolute atomic E-state index is 0.959. The van der Waals surface area contributed by atoms with Crippen molar-refractivity contribution in [3.8, 4) is 0 Å². The van der Waals surface area contributed by atoms with Gasteiger partial charge in [-0.3, -0.25) is 0 Å². The molecule has 0 radical (unpaired) electrons. The monoisotopic (exact) mass is 249 g/mol. The highest BCUT2D eigenvalue weighted by Crippen LogP contribution is 2.12. The van der Waals surface area contributed by atoms with E-state index in [1.165, 1.54) is 11.1 Å². The molecule has 3 nitrogen and oxygen atoms in total. The Morgan fingerprint density at radius 2 is 1.95 bits per heavy atom. The molecule has 1 aromatic heterocycles. The number of nitrogens with zero attached hydrogens (tertiary/aromatic N) is 3. The number of hydrogen-bond donors (Lipinski definition) is 0. The molecule has 0 bridgehead atoms. The van der Waals surface area contributed by atoms with Crippen molar-refractivity contribution in [3.05, 3.63) is 65.5 Å². The molecule has 3 heteroatoms. The van der Waals surface area contributed by atoms with Crippen LogP contribution < -0.4 is 0 Å². The zero-order chi connectivity index (χ0) is 13.2. The van der Waals surface area contributed by atoms with Gasteiger partial charge in [0, 0.05) is 0 Å². The van der Waals surface area contributed by atoms with E-state index in [-0.39, 0.29) is 0 Å². The van der Waals surface area contributed by atoms with Crippen LogP contribution in [0.3, 0.4) is 0 Å². The molecule has 19 heavy (non-hydrogen) atoms. The fourth-order valence-corrected chi connectivity index (χ4v) is 2.06. The third-order valence-corrected chi connectivity index (χ3v) is 3.19. The average molecular weight is 249 g/mol. The van der Waals surface area contributed by atoms with Crippen molar-refractivity contribution >= 4 is 17.2 Å². The molecule has 1 heterocycles. The van der Waals surface area contributed by atoms with Crippen LogP contribution in [-0.2, 0) is 0 Å². The van der Waals surface area contributed by atoms with Crippen molar-refractivity contribution in [2.45, 2.75) is 13.8 Å². The molecule has 0 saturated carbocycles. The van der Waals surface area contributed by atoms with E-state index in [9.17, 15) is 0 Å². The lowest BCUT2D eigenvalue weighted by Gasteiger charge is -2.01. The zero-order valence-electron chi connectivity index (χ0n) is 11.0. The molecule has 3 rings (SSSR count). The molecule has 0 saturated heterocycles. The molecule has 0 aliphatic rings. The molecular formula is C16H15N3. The quantitative estimate of drug-likeness (QED) is 0.639. The highest BCUT2D eigenvalue weighted by atomic mass is 15.4. The van der Waals surface area contributed by atoms with Crippen LogP contribution >= 0.6 is 0 Å². The normalized spacial score (nSPS) is 11.5. The number of fused-ring (bicyclic) bond motifs is 1. The van der Waals surface area contributed by atoms with E-state index < -0.39 is 0 Å². The molecule has 0 atom stereocenters.